The molecule has 1 saturated heterocycles. The molecule has 1 aliphatic rings. The Labute approximate surface area is 145 Å². The van der Waals surface area contributed by atoms with Gasteiger partial charge >= 0.3 is 12.0 Å². The third kappa shape index (κ3) is 4.14. The van der Waals surface area contributed by atoms with Crippen molar-refractivity contribution in [2.45, 2.75) is 44.7 Å². The zero-order valence-electron chi connectivity index (χ0n) is 14.3. The molecule has 1 aromatic carbocycles. The zero-order chi connectivity index (χ0) is 18.8. The van der Waals surface area contributed by atoms with Crippen LogP contribution in [-0.4, -0.2) is 34.5 Å². The second-order valence-electron chi connectivity index (χ2n) is 6.84. The van der Waals surface area contributed by atoms with Crippen molar-refractivity contribution in [2.75, 3.05) is 0 Å². The first kappa shape index (κ1) is 18.4. The summed E-state index contributed by atoms with van der Waals surface area (Å²) in [5, 5.41) is 16.3. The summed E-state index contributed by atoms with van der Waals surface area (Å²) in [5.41, 5.74) is -0.912. The van der Waals surface area contributed by atoms with Crippen molar-refractivity contribution >= 4 is 23.8 Å². The van der Waals surface area contributed by atoms with E-state index in [1.165, 1.54) is 0 Å². The standard InChI is InChI=1S/C17H21N3O5/c1-16(2,9-8-12(21)22)19-13(23)10-4-6-11(7-5-10)17(3)14(24)18-15(25)20-17/h4-7H,8-9H2,1-3H3,(H,19,23)(H,21,22)(H2,18,20,24,25). The summed E-state index contributed by atoms with van der Waals surface area (Å²) in [6.45, 7) is 5.08. The molecule has 1 fully saturated rings. The van der Waals surface area contributed by atoms with Gasteiger partial charge in [0.1, 0.15) is 5.54 Å². The normalized spacial score (nSPS) is 20.0. The number of nitrogens with one attached hydrogen (secondary N) is 3. The number of rotatable bonds is 6. The summed E-state index contributed by atoms with van der Waals surface area (Å²) in [4.78, 5) is 46.2. The molecular formula is C17H21N3O5. The van der Waals surface area contributed by atoms with Gasteiger partial charge < -0.3 is 15.7 Å². The van der Waals surface area contributed by atoms with Gasteiger partial charge in [-0.15, -0.1) is 0 Å². The number of imide groups is 1. The molecule has 0 aliphatic carbocycles. The molecule has 0 bridgehead atoms. The van der Waals surface area contributed by atoms with Gasteiger partial charge in [-0.3, -0.25) is 19.7 Å². The maximum atomic E-state index is 12.3. The van der Waals surface area contributed by atoms with Crippen molar-refractivity contribution in [3.05, 3.63) is 35.4 Å². The van der Waals surface area contributed by atoms with E-state index in [0.29, 0.717) is 17.5 Å². The van der Waals surface area contributed by atoms with Gasteiger partial charge in [0.15, 0.2) is 0 Å². The van der Waals surface area contributed by atoms with Crippen molar-refractivity contribution < 1.29 is 24.3 Å². The lowest BCUT2D eigenvalue weighted by atomic mass is 9.91. The van der Waals surface area contributed by atoms with Gasteiger partial charge in [0.25, 0.3) is 11.8 Å². The molecule has 134 valence electrons. The Hall–Kier alpha value is -2.90. The third-order valence-electron chi connectivity index (χ3n) is 4.18. The van der Waals surface area contributed by atoms with E-state index in [-0.39, 0.29) is 12.3 Å². The number of aliphatic carboxylic acids is 1. The van der Waals surface area contributed by atoms with Crippen LogP contribution in [0, 0.1) is 0 Å². The minimum atomic E-state index is -1.17. The van der Waals surface area contributed by atoms with Crippen molar-refractivity contribution in [1.29, 1.82) is 0 Å². The topological polar surface area (TPSA) is 125 Å². The van der Waals surface area contributed by atoms with Crippen molar-refractivity contribution in [3.63, 3.8) is 0 Å². The van der Waals surface area contributed by atoms with E-state index < -0.39 is 29.0 Å². The Morgan fingerprint density at radius 1 is 1.20 bits per heavy atom. The van der Waals surface area contributed by atoms with E-state index >= 15 is 0 Å². The summed E-state index contributed by atoms with van der Waals surface area (Å²) in [6, 6.07) is 5.76. The molecule has 2 rings (SSSR count). The number of carbonyl (C=O) groups is 4. The fourth-order valence-corrected chi connectivity index (χ4v) is 2.56. The van der Waals surface area contributed by atoms with Crippen LogP contribution < -0.4 is 16.0 Å². The van der Waals surface area contributed by atoms with E-state index in [2.05, 4.69) is 16.0 Å². The van der Waals surface area contributed by atoms with Crippen molar-refractivity contribution in [1.82, 2.24) is 16.0 Å². The van der Waals surface area contributed by atoms with Crippen LogP contribution in [0.5, 0.6) is 0 Å². The molecule has 0 aromatic heterocycles. The number of carboxylic acids is 1. The molecule has 1 aromatic rings. The van der Waals surface area contributed by atoms with Crippen LogP contribution in [-0.2, 0) is 15.1 Å². The smallest absolute Gasteiger partial charge is 0.322 e. The largest absolute Gasteiger partial charge is 0.481 e. The third-order valence-corrected chi connectivity index (χ3v) is 4.18. The lowest BCUT2D eigenvalue weighted by Gasteiger charge is -2.26. The highest BCUT2D eigenvalue weighted by atomic mass is 16.4. The molecule has 8 nitrogen and oxygen atoms in total. The van der Waals surface area contributed by atoms with Gasteiger partial charge in [0.05, 0.1) is 0 Å². The monoisotopic (exact) mass is 347 g/mol. The quantitative estimate of drug-likeness (QED) is 0.574. The SMILES string of the molecule is CC(C)(CCC(=O)O)NC(=O)c1ccc(C2(C)NC(=O)NC2=O)cc1. The molecule has 0 spiro atoms. The number of amides is 4. The highest BCUT2D eigenvalue weighted by Crippen LogP contribution is 2.24. The predicted molar refractivity (Wildman–Crippen MR) is 88.9 cm³/mol. The number of hydrogen-bond donors (Lipinski definition) is 4. The Balaban J connectivity index is 2.09. The fourth-order valence-electron chi connectivity index (χ4n) is 2.56. The molecule has 0 radical (unpaired) electrons. The maximum Gasteiger partial charge on any atom is 0.322 e. The minimum absolute atomic E-state index is 0.0423. The van der Waals surface area contributed by atoms with Crippen LogP contribution in [0.3, 0.4) is 0 Å². The van der Waals surface area contributed by atoms with E-state index in [9.17, 15) is 19.2 Å². The number of hydrogen-bond acceptors (Lipinski definition) is 4. The Morgan fingerprint density at radius 2 is 1.80 bits per heavy atom. The van der Waals surface area contributed by atoms with Gasteiger partial charge in [-0.05, 0) is 44.9 Å². The molecule has 4 amide bonds. The first-order valence-corrected chi connectivity index (χ1v) is 7.82. The fraction of sp³-hybridized carbons (Fsp3) is 0.412. The van der Waals surface area contributed by atoms with Gasteiger partial charge in [-0.1, -0.05) is 12.1 Å². The van der Waals surface area contributed by atoms with E-state index in [0.717, 1.165) is 0 Å². The maximum absolute atomic E-state index is 12.3. The van der Waals surface area contributed by atoms with Gasteiger partial charge in [0.2, 0.25) is 0 Å². The first-order chi connectivity index (χ1) is 11.5. The minimum Gasteiger partial charge on any atom is -0.481 e. The Kier molecular flexibility index (Phi) is 4.82. The van der Waals surface area contributed by atoms with Gasteiger partial charge in [-0.25, -0.2) is 4.79 Å². The van der Waals surface area contributed by atoms with Crippen LogP contribution in [0.1, 0.15) is 49.5 Å². The molecule has 25 heavy (non-hydrogen) atoms. The van der Waals surface area contributed by atoms with Gasteiger partial charge in [-0.2, -0.15) is 0 Å². The van der Waals surface area contributed by atoms with Crippen LogP contribution in [0.25, 0.3) is 0 Å². The zero-order valence-corrected chi connectivity index (χ0v) is 14.3. The first-order valence-electron chi connectivity index (χ1n) is 7.82. The van der Waals surface area contributed by atoms with Crippen LogP contribution >= 0.6 is 0 Å². The summed E-state index contributed by atoms with van der Waals surface area (Å²) < 4.78 is 0. The second kappa shape index (κ2) is 6.54. The Morgan fingerprint density at radius 3 is 2.28 bits per heavy atom. The number of carboxylic acid groups (broad SMARTS) is 1. The molecule has 4 N–H and O–H groups in total. The van der Waals surface area contributed by atoms with Gasteiger partial charge in [0, 0.05) is 17.5 Å². The van der Waals surface area contributed by atoms with Crippen LogP contribution in [0.4, 0.5) is 4.79 Å². The average molecular weight is 347 g/mol. The lowest BCUT2D eigenvalue weighted by Crippen LogP contribution is -2.44. The Bertz CT molecular complexity index is 726. The molecule has 8 heteroatoms. The highest BCUT2D eigenvalue weighted by molar-refractivity contribution is 6.07. The van der Waals surface area contributed by atoms with Crippen LogP contribution in [0.2, 0.25) is 0 Å². The molecule has 1 heterocycles. The highest BCUT2D eigenvalue weighted by Gasteiger charge is 2.43. The molecular weight excluding hydrogens is 326 g/mol. The van der Waals surface area contributed by atoms with E-state index in [4.69, 9.17) is 5.11 Å². The second-order valence-corrected chi connectivity index (χ2v) is 6.84. The van der Waals surface area contributed by atoms with Crippen molar-refractivity contribution in [2.24, 2.45) is 0 Å². The summed E-state index contributed by atoms with van der Waals surface area (Å²) in [6.07, 6.45) is 0.260. The molecule has 1 atom stereocenters. The molecule has 1 unspecified atom stereocenters. The number of benzene rings is 1. The van der Waals surface area contributed by atoms with Crippen LogP contribution in [0.15, 0.2) is 24.3 Å². The summed E-state index contributed by atoms with van der Waals surface area (Å²) in [7, 11) is 0. The number of carbonyl (C=O) groups excluding carboxylic acids is 3. The lowest BCUT2D eigenvalue weighted by molar-refractivity contribution is -0.137. The summed E-state index contributed by atoms with van der Waals surface area (Å²) in [5.74, 6) is -1.71. The predicted octanol–water partition coefficient (Wildman–Crippen LogP) is 1.11. The van der Waals surface area contributed by atoms with Crippen molar-refractivity contribution in [3.8, 4) is 0 Å². The molecule has 1 aliphatic heterocycles. The number of urea groups is 1. The van der Waals surface area contributed by atoms with E-state index in [1.807, 2.05) is 0 Å². The summed E-state index contributed by atoms with van der Waals surface area (Å²) >= 11 is 0. The molecule has 0 saturated carbocycles. The van der Waals surface area contributed by atoms with E-state index in [1.54, 1.807) is 45.0 Å². The average Bonchev–Trinajstić information content (AvgIpc) is 2.79.